The maximum atomic E-state index is 12.6. The van der Waals surface area contributed by atoms with Crippen molar-refractivity contribution >= 4 is 17.7 Å². The molecular formula is C14H25N3O4. The van der Waals surface area contributed by atoms with Gasteiger partial charge in [-0.3, -0.25) is 9.79 Å². The molecule has 0 aromatic rings. The number of hydrogen-bond acceptors (Lipinski definition) is 5. The number of hydrogen-bond donors (Lipinski definition) is 1. The molecule has 1 aliphatic rings. The summed E-state index contributed by atoms with van der Waals surface area (Å²) in [6.07, 6.45) is 0.139. The molecule has 7 heteroatoms. The van der Waals surface area contributed by atoms with E-state index in [0.29, 0.717) is 13.3 Å². The van der Waals surface area contributed by atoms with Crippen molar-refractivity contribution in [3.8, 4) is 0 Å². The normalized spacial score (nSPS) is 21.7. The molecule has 1 saturated heterocycles. The van der Waals surface area contributed by atoms with Crippen LogP contribution < -0.4 is 5.32 Å². The molecule has 7 nitrogen and oxygen atoms in total. The predicted octanol–water partition coefficient (Wildman–Crippen LogP) is 1.03. The molecule has 1 rings (SSSR count). The van der Waals surface area contributed by atoms with Crippen molar-refractivity contribution < 1.29 is 19.1 Å². The van der Waals surface area contributed by atoms with Crippen LogP contribution in [0, 0.1) is 5.92 Å². The van der Waals surface area contributed by atoms with Crippen LogP contribution in [0.25, 0.3) is 0 Å². The molecule has 1 fully saturated rings. The van der Waals surface area contributed by atoms with Gasteiger partial charge in [0.15, 0.2) is 0 Å². The van der Waals surface area contributed by atoms with E-state index in [9.17, 15) is 9.59 Å². The minimum atomic E-state index is -0.596. The second-order valence-corrected chi connectivity index (χ2v) is 5.52. The smallest absolute Gasteiger partial charge is 0.407 e. The number of rotatable bonds is 5. The van der Waals surface area contributed by atoms with Gasteiger partial charge in [0, 0.05) is 25.3 Å². The van der Waals surface area contributed by atoms with E-state index in [1.807, 2.05) is 20.8 Å². The molecule has 0 spiro atoms. The standard InChI is InChI=1S/C14H25N3O4/c1-9(2)12(16-14(19)21-5)13(18)17-7-11(6-10(17)3)15-8-20-4/h9-10,12H,6-8H2,1-5H3,(H,16,19)/t10-,12+/m1/s1. The van der Waals surface area contributed by atoms with Gasteiger partial charge >= 0.3 is 6.09 Å². The Balaban J connectivity index is 2.77. The minimum absolute atomic E-state index is 0.0243. The Labute approximate surface area is 125 Å². The Morgan fingerprint density at radius 3 is 2.62 bits per heavy atom. The van der Waals surface area contributed by atoms with E-state index in [2.05, 4.69) is 15.0 Å². The summed E-state index contributed by atoms with van der Waals surface area (Å²) in [6, 6.07) is -0.532. The van der Waals surface area contributed by atoms with Crippen molar-refractivity contribution in [1.29, 1.82) is 0 Å². The molecule has 1 N–H and O–H groups in total. The topological polar surface area (TPSA) is 80.2 Å². The molecule has 0 unspecified atom stereocenters. The highest BCUT2D eigenvalue weighted by molar-refractivity contribution is 5.96. The molecule has 0 aromatic heterocycles. The number of likely N-dealkylation sites (tertiary alicyclic amines) is 1. The molecule has 21 heavy (non-hydrogen) atoms. The van der Waals surface area contributed by atoms with Gasteiger partial charge in [0.1, 0.15) is 12.8 Å². The molecule has 0 radical (unpaired) electrons. The molecule has 1 aliphatic heterocycles. The number of carbonyl (C=O) groups excluding carboxylic acids is 2. The fourth-order valence-electron chi connectivity index (χ4n) is 2.31. The molecule has 1 heterocycles. The van der Waals surface area contributed by atoms with Gasteiger partial charge in [-0.15, -0.1) is 0 Å². The van der Waals surface area contributed by atoms with Crippen LogP contribution in [0.4, 0.5) is 4.79 Å². The monoisotopic (exact) mass is 299 g/mol. The van der Waals surface area contributed by atoms with Crippen LogP contribution in [0.2, 0.25) is 0 Å². The lowest BCUT2D eigenvalue weighted by molar-refractivity contribution is -0.134. The number of methoxy groups -OCH3 is 2. The van der Waals surface area contributed by atoms with Gasteiger partial charge in [-0.2, -0.15) is 0 Å². The highest BCUT2D eigenvalue weighted by Crippen LogP contribution is 2.18. The number of nitrogens with one attached hydrogen (secondary N) is 1. The molecule has 120 valence electrons. The maximum Gasteiger partial charge on any atom is 0.407 e. The Bertz CT molecular complexity index is 409. The third-order valence-electron chi connectivity index (χ3n) is 3.51. The van der Waals surface area contributed by atoms with Crippen molar-refractivity contribution in [2.75, 3.05) is 27.5 Å². The highest BCUT2D eigenvalue weighted by Gasteiger charge is 2.35. The van der Waals surface area contributed by atoms with E-state index >= 15 is 0 Å². The van der Waals surface area contributed by atoms with E-state index in [1.165, 1.54) is 7.11 Å². The van der Waals surface area contributed by atoms with Gasteiger partial charge in [-0.1, -0.05) is 13.8 Å². The van der Waals surface area contributed by atoms with E-state index in [4.69, 9.17) is 4.74 Å². The minimum Gasteiger partial charge on any atom is -0.453 e. The summed E-state index contributed by atoms with van der Waals surface area (Å²) in [7, 11) is 2.87. The maximum absolute atomic E-state index is 12.6. The third kappa shape index (κ3) is 4.70. The molecule has 2 amide bonds. The van der Waals surface area contributed by atoms with Crippen LogP contribution in [-0.4, -0.2) is 62.2 Å². The predicted molar refractivity (Wildman–Crippen MR) is 79.3 cm³/mol. The number of carbonyl (C=O) groups is 2. The Kier molecular flexibility index (Phi) is 6.61. The van der Waals surface area contributed by atoms with Crippen LogP contribution >= 0.6 is 0 Å². The number of nitrogens with zero attached hydrogens (tertiary/aromatic N) is 2. The molecule has 2 atom stereocenters. The van der Waals surface area contributed by atoms with E-state index in [1.54, 1.807) is 12.0 Å². The first-order valence-corrected chi connectivity index (χ1v) is 7.06. The van der Waals surface area contributed by atoms with Crippen molar-refractivity contribution in [3.63, 3.8) is 0 Å². The molecule has 0 aliphatic carbocycles. The number of alkyl carbamates (subject to hydrolysis) is 1. The van der Waals surface area contributed by atoms with Crippen LogP contribution in [0.3, 0.4) is 0 Å². The van der Waals surface area contributed by atoms with Crippen LogP contribution in [0.5, 0.6) is 0 Å². The summed E-state index contributed by atoms with van der Waals surface area (Å²) < 4.78 is 9.51. The Morgan fingerprint density at radius 2 is 2.10 bits per heavy atom. The van der Waals surface area contributed by atoms with E-state index < -0.39 is 12.1 Å². The lowest BCUT2D eigenvalue weighted by atomic mass is 10.0. The van der Waals surface area contributed by atoms with Crippen molar-refractivity contribution in [2.24, 2.45) is 10.9 Å². The summed E-state index contributed by atoms with van der Waals surface area (Å²) in [5, 5.41) is 2.60. The van der Waals surface area contributed by atoms with E-state index in [-0.39, 0.29) is 17.9 Å². The zero-order valence-electron chi connectivity index (χ0n) is 13.4. The lowest BCUT2D eigenvalue weighted by Gasteiger charge is -2.28. The quantitative estimate of drug-likeness (QED) is 0.822. The summed E-state index contributed by atoms with van der Waals surface area (Å²) in [6.45, 7) is 6.54. The second kappa shape index (κ2) is 7.97. The third-order valence-corrected chi connectivity index (χ3v) is 3.51. The molecule has 0 bridgehead atoms. The first-order chi connectivity index (χ1) is 9.90. The average molecular weight is 299 g/mol. The van der Waals surface area contributed by atoms with Crippen LogP contribution in [0.1, 0.15) is 27.2 Å². The first-order valence-electron chi connectivity index (χ1n) is 7.06. The van der Waals surface area contributed by atoms with Crippen molar-refractivity contribution in [3.05, 3.63) is 0 Å². The van der Waals surface area contributed by atoms with Gasteiger partial charge in [0.2, 0.25) is 5.91 Å². The number of ether oxygens (including phenoxy) is 2. The summed E-state index contributed by atoms with van der Waals surface area (Å²) in [4.78, 5) is 30.1. The van der Waals surface area contributed by atoms with E-state index in [0.717, 1.165) is 12.1 Å². The molecule has 0 saturated carbocycles. The van der Waals surface area contributed by atoms with Crippen molar-refractivity contribution in [2.45, 2.75) is 39.3 Å². The van der Waals surface area contributed by atoms with Crippen molar-refractivity contribution in [1.82, 2.24) is 10.2 Å². The van der Waals surface area contributed by atoms with Gasteiger partial charge in [0.25, 0.3) is 0 Å². The fourth-order valence-corrected chi connectivity index (χ4v) is 2.31. The zero-order valence-corrected chi connectivity index (χ0v) is 13.4. The van der Waals surface area contributed by atoms with Crippen LogP contribution in [-0.2, 0) is 14.3 Å². The Morgan fingerprint density at radius 1 is 1.43 bits per heavy atom. The van der Waals surface area contributed by atoms with Crippen LogP contribution in [0.15, 0.2) is 4.99 Å². The molecular weight excluding hydrogens is 274 g/mol. The lowest BCUT2D eigenvalue weighted by Crippen LogP contribution is -2.52. The number of aliphatic imine (C=N–C) groups is 1. The van der Waals surface area contributed by atoms with Gasteiger partial charge < -0.3 is 19.7 Å². The van der Waals surface area contributed by atoms with Gasteiger partial charge in [-0.05, 0) is 12.8 Å². The second-order valence-electron chi connectivity index (χ2n) is 5.52. The summed E-state index contributed by atoms with van der Waals surface area (Å²) in [5.74, 6) is -0.130. The highest BCUT2D eigenvalue weighted by atomic mass is 16.5. The fraction of sp³-hybridized carbons (Fsp3) is 0.786. The van der Waals surface area contributed by atoms with Gasteiger partial charge in [0.05, 0.1) is 13.7 Å². The summed E-state index contributed by atoms with van der Waals surface area (Å²) >= 11 is 0. The summed E-state index contributed by atoms with van der Waals surface area (Å²) in [5.41, 5.74) is 0.943. The number of amides is 2. The average Bonchev–Trinajstić information content (AvgIpc) is 2.82. The van der Waals surface area contributed by atoms with Gasteiger partial charge in [-0.25, -0.2) is 4.79 Å². The Hall–Kier alpha value is -1.63. The zero-order chi connectivity index (χ0) is 16.0. The largest absolute Gasteiger partial charge is 0.453 e. The first kappa shape index (κ1) is 17.4. The SMILES string of the molecule is COCN=C1C[C@@H](C)N(C(=O)[C@@H](NC(=O)OC)C(C)C)C1. The molecule has 0 aromatic carbocycles.